The van der Waals surface area contributed by atoms with Crippen LogP contribution in [0.1, 0.15) is 19.5 Å². The highest BCUT2D eigenvalue weighted by molar-refractivity contribution is 5.85. The molecule has 0 saturated carbocycles. The van der Waals surface area contributed by atoms with E-state index >= 15 is 0 Å². The summed E-state index contributed by atoms with van der Waals surface area (Å²) in [6.07, 6.45) is 5.69. The molecule has 1 aromatic rings. The standard InChI is InChI=1S/C12H20N4O.ClH/c1-9(2)11(13)12(17)16(3)7-4-10-8-14-5-6-15-10;/h5-6,8-9,11H,4,7,13H2,1-3H3;1H/t11-;/m0./s1. The van der Waals surface area contributed by atoms with Crippen molar-refractivity contribution in [3.63, 3.8) is 0 Å². The molecule has 0 bridgehead atoms. The Hall–Kier alpha value is -1.20. The van der Waals surface area contributed by atoms with E-state index in [0.29, 0.717) is 13.0 Å². The van der Waals surface area contributed by atoms with Crippen LogP contribution >= 0.6 is 12.4 Å². The van der Waals surface area contributed by atoms with Crippen molar-refractivity contribution in [3.8, 4) is 0 Å². The molecule has 0 aliphatic heterocycles. The van der Waals surface area contributed by atoms with Crippen LogP contribution in [-0.4, -0.2) is 40.4 Å². The van der Waals surface area contributed by atoms with Crippen LogP contribution in [0.2, 0.25) is 0 Å². The second-order valence-corrected chi connectivity index (χ2v) is 4.48. The molecule has 5 nitrogen and oxygen atoms in total. The lowest BCUT2D eigenvalue weighted by molar-refractivity contribution is -0.132. The molecule has 1 rings (SSSR count). The molecule has 1 atom stereocenters. The molecule has 102 valence electrons. The molecule has 0 aromatic carbocycles. The van der Waals surface area contributed by atoms with E-state index < -0.39 is 6.04 Å². The molecule has 0 saturated heterocycles. The third kappa shape index (κ3) is 4.98. The van der Waals surface area contributed by atoms with Gasteiger partial charge in [-0.3, -0.25) is 14.8 Å². The molecule has 0 aliphatic rings. The fourth-order valence-corrected chi connectivity index (χ4v) is 1.39. The highest BCUT2D eigenvalue weighted by Gasteiger charge is 2.20. The lowest BCUT2D eigenvalue weighted by atomic mass is 10.0. The summed E-state index contributed by atoms with van der Waals surface area (Å²) in [4.78, 5) is 21.7. The van der Waals surface area contributed by atoms with Gasteiger partial charge < -0.3 is 10.6 Å². The molecule has 1 amide bonds. The fraction of sp³-hybridized carbons (Fsp3) is 0.583. The van der Waals surface area contributed by atoms with Crippen molar-refractivity contribution in [1.29, 1.82) is 0 Å². The van der Waals surface area contributed by atoms with Gasteiger partial charge in [-0.1, -0.05) is 13.8 Å². The van der Waals surface area contributed by atoms with Gasteiger partial charge in [0.05, 0.1) is 11.7 Å². The average Bonchev–Trinajstić information content (AvgIpc) is 2.35. The lowest BCUT2D eigenvalue weighted by Gasteiger charge is -2.23. The maximum Gasteiger partial charge on any atom is 0.239 e. The second kappa shape index (κ2) is 8.00. The summed E-state index contributed by atoms with van der Waals surface area (Å²) in [5.74, 6) is 0.130. The predicted octanol–water partition coefficient (Wildman–Crippen LogP) is 0.883. The van der Waals surface area contributed by atoms with Crippen LogP contribution in [0.15, 0.2) is 18.6 Å². The van der Waals surface area contributed by atoms with Gasteiger partial charge in [0, 0.05) is 38.6 Å². The van der Waals surface area contributed by atoms with E-state index in [1.165, 1.54) is 0 Å². The van der Waals surface area contributed by atoms with Crippen LogP contribution in [0.4, 0.5) is 0 Å². The topological polar surface area (TPSA) is 72.1 Å². The van der Waals surface area contributed by atoms with E-state index in [-0.39, 0.29) is 24.2 Å². The van der Waals surface area contributed by atoms with Gasteiger partial charge in [-0.25, -0.2) is 0 Å². The summed E-state index contributed by atoms with van der Waals surface area (Å²) in [5, 5.41) is 0. The van der Waals surface area contributed by atoms with Crippen molar-refractivity contribution < 1.29 is 4.79 Å². The predicted molar refractivity (Wildman–Crippen MR) is 73.4 cm³/mol. The van der Waals surface area contributed by atoms with Gasteiger partial charge in [0.15, 0.2) is 0 Å². The molecule has 18 heavy (non-hydrogen) atoms. The molecule has 1 aromatic heterocycles. The Labute approximate surface area is 114 Å². The summed E-state index contributed by atoms with van der Waals surface area (Å²) in [5.41, 5.74) is 6.69. The van der Waals surface area contributed by atoms with E-state index in [0.717, 1.165) is 5.69 Å². The number of rotatable bonds is 5. The number of likely N-dealkylation sites (N-methyl/N-ethyl adjacent to an activating group) is 1. The van der Waals surface area contributed by atoms with Crippen molar-refractivity contribution in [2.45, 2.75) is 26.3 Å². The quantitative estimate of drug-likeness (QED) is 0.864. The first kappa shape index (κ1) is 16.8. The highest BCUT2D eigenvalue weighted by atomic mass is 35.5. The van der Waals surface area contributed by atoms with Gasteiger partial charge in [0.1, 0.15) is 0 Å². The van der Waals surface area contributed by atoms with Crippen LogP contribution in [-0.2, 0) is 11.2 Å². The zero-order valence-corrected chi connectivity index (χ0v) is 11.9. The summed E-state index contributed by atoms with van der Waals surface area (Å²) >= 11 is 0. The van der Waals surface area contributed by atoms with Crippen LogP contribution < -0.4 is 5.73 Å². The smallest absolute Gasteiger partial charge is 0.239 e. The summed E-state index contributed by atoms with van der Waals surface area (Å²) in [6, 6.07) is -0.429. The number of aromatic nitrogens is 2. The molecule has 0 fully saturated rings. The fourth-order valence-electron chi connectivity index (χ4n) is 1.39. The highest BCUT2D eigenvalue weighted by Crippen LogP contribution is 2.03. The number of hydrogen-bond acceptors (Lipinski definition) is 4. The van der Waals surface area contributed by atoms with Crippen LogP contribution in [0, 0.1) is 5.92 Å². The zero-order chi connectivity index (χ0) is 12.8. The third-order valence-electron chi connectivity index (χ3n) is 2.70. The number of carbonyl (C=O) groups is 1. The largest absolute Gasteiger partial charge is 0.344 e. The van der Waals surface area contributed by atoms with Crippen LogP contribution in [0.5, 0.6) is 0 Å². The zero-order valence-electron chi connectivity index (χ0n) is 11.0. The van der Waals surface area contributed by atoms with Crippen molar-refractivity contribution in [1.82, 2.24) is 14.9 Å². The lowest BCUT2D eigenvalue weighted by Crippen LogP contribution is -2.45. The maximum atomic E-state index is 11.9. The SMILES string of the molecule is CC(C)[C@H](N)C(=O)N(C)CCc1cnccn1.Cl. The Kier molecular flexibility index (Phi) is 7.47. The van der Waals surface area contributed by atoms with E-state index in [1.54, 1.807) is 30.5 Å². The number of amides is 1. The minimum Gasteiger partial charge on any atom is -0.344 e. The summed E-state index contributed by atoms with van der Waals surface area (Å²) in [7, 11) is 1.76. The third-order valence-corrected chi connectivity index (χ3v) is 2.70. The minimum atomic E-state index is -0.429. The Balaban J connectivity index is 0.00000289. The first-order valence-corrected chi connectivity index (χ1v) is 5.77. The molecule has 1 heterocycles. The van der Waals surface area contributed by atoms with E-state index in [1.807, 2.05) is 13.8 Å². The molecule has 0 aliphatic carbocycles. The molecule has 6 heteroatoms. The van der Waals surface area contributed by atoms with Crippen molar-refractivity contribution in [2.75, 3.05) is 13.6 Å². The van der Waals surface area contributed by atoms with Crippen molar-refractivity contribution >= 4 is 18.3 Å². The van der Waals surface area contributed by atoms with Gasteiger partial charge in [0.25, 0.3) is 0 Å². The normalized spacial score (nSPS) is 11.8. The first-order valence-electron chi connectivity index (χ1n) is 5.77. The van der Waals surface area contributed by atoms with Crippen molar-refractivity contribution in [3.05, 3.63) is 24.3 Å². The molecule has 2 N–H and O–H groups in total. The minimum absolute atomic E-state index is 0. The second-order valence-electron chi connectivity index (χ2n) is 4.48. The number of halogens is 1. The monoisotopic (exact) mass is 272 g/mol. The maximum absolute atomic E-state index is 11.9. The molecule has 0 spiro atoms. The Morgan fingerprint density at radius 3 is 2.61 bits per heavy atom. The van der Waals surface area contributed by atoms with Crippen molar-refractivity contribution in [2.24, 2.45) is 11.7 Å². The molecule has 0 radical (unpaired) electrons. The summed E-state index contributed by atoms with van der Waals surface area (Å²) < 4.78 is 0. The van der Waals surface area contributed by atoms with Crippen LogP contribution in [0.3, 0.4) is 0 Å². The average molecular weight is 273 g/mol. The van der Waals surface area contributed by atoms with Gasteiger partial charge >= 0.3 is 0 Å². The van der Waals surface area contributed by atoms with Gasteiger partial charge in [-0.05, 0) is 5.92 Å². The van der Waals surface area contributed by atoms with Gasteiger partial charge in [-0.15, -0.1) is 12.4 Å². The number of carbonyl (C=O) groups excluding carboxylic acids is 1. The Morgan fingerprint density at radius 2 is 2.11 bits per heavy atom. The number of hydrogen-bond donors (Lipinski definition) is 1. The number of nitrogens with zero attached hydrogens (tertiary/aromatic N) is 3. The van der Waals surface area contributed by atoms with Gasteiger partial charge in [0.2, 0.25) is 5.91 Å². The Morgan fingerprint density at radius 1 is 1.44 bits per heavy atom. The van der Waals surface area contributed by atoms with E-state index in [9.17, 15) is 4.79 Å². The molecule has 0 unspecified atom stereocenters. The van der Waals surface area contributed by atoms with Crippen LogP contribution in [0.25, 0.3) is 0 Å². The Bertz CT molecular complexity index is 358. The summed E-state index contributed by atoms with van der Waals surface area (Å²) in [6.45, 7) is 4.50. The molecular formula is C12H21ClN4O. The van der Waals surface area contributed by atoms with E-state index in [2.05, 4.69) is 9.97 Å². The van der Waals surface area contributed by atoms with E-state index in [4.69, 9.17) is 5.73 Å². The van der Waals surface area contributed by atoms with Gasteiger partial charge in [-0.2, -0.15) is 0 Å². The first-order chi connectivity index (χ1) is 8.02. The molecular weight excluding hydrogens is 252 g/mol. The number of nitrogens with two attached hydrogens (primary N) is 1.